The highest BCUT2D eigenvalue weighted by Crippen LogP contribution is 2.33. The first-order valence-electron chi connectivity index (χ1n) is 6.52. The first kappa shape index (κ1) is 14.5. The summed E-state index contributed by atoms with van der Waals surface area (Å²) in [6.45, 7) is 0.683. The average molecular weight is 283 g/mol. The molecule has 0 bridgehead atoms. The molecule has 1 aliphatic carbocycles. The quantitative estimate of drug-likeness (QED) is 0.876. The number of sulfone groups is 1. The summed E-state index contributed by atoms with van der Waals surface area (Å²) >= 11 is 0. The zero-order valence-corrected chi connectivity index (χ0v) is 12.2. The number of hydrogen-bond donors (Lipinski definition) is 1. The summed E-state index contributed by atoms with van der Waals surface area (Å²) in [6.07, 6.45) is 2.22. The van der Waals surface area contributed by atoms with Gasteiger partial charge in [0.2, 0.25) is 0 Å². The molecule has 4 nitrogen and oxygen atoms in total. The second kappa shape index (κ2) is 5.61. The SMILES string of the molecule is CN(CCCS(C)(=O)=O)[C@H]1Cc2ccccc2[C@H]1O. The Morgan fingerprint density at radius 2 is 2.05 bits per heavy atom. The summed E-state index contributed by atoms with van der Waals surface area (Å²) in [5, 5.41) is 10.3. The van der Waals surface area contributed by atoms with Gasteiger partial charge >= 0.3 is 0 Å². The Bertz CT molecular complexity index is 541. The highest BCUT2D eigenvalue weighted by Gasteiger charge is 2.32. The van der Waals surface area contributed by atoms with Gasteiger partial charge in [-0.1, -0.05) is 24.3 Å². The maximum absolute atomic E-state index is 11.1. The predicted molar refractivity (Wildman–Crippen MR) is 75.9 cm³/mol. The summed E-state index contributed by atoms with van der Waals surface area (Å²) in [5.74, 6) is 0.201. The van der Waals surface area contributed by atoms with Crippen molar-refractivity contribution >= 4 is 9.84 Å². The maximum Gasteiger partial charge on any atom is 0.147 e. The number of benzene rings is 1. The van der Waals surface area contributed by atoms with Crippen LogP contribution in [0.3, 0.4) is 0 Å². The van der Waals surface area contributed by atoms with Crippen LogP contribution in [0.2, 0.25) is 0 Å². The van der Waals surface area contributed by atoms with Gasteiger partial charge in [0.25, 0.3) is 0 Å². The van der Waals surface area contributed by atoms with Gasteiger partial charge in [0, 0.05) is 12.3 Å². The molecule has 1 aliphatic rings. The van der Waals surface area contributed by atoms with E-state index in [1.54, 1.807) is 0 Å². The molecule has 0 radical (unpaired) electrons. The molecule has 0 fully saturated rings. The second-order valence-electron chi connectivity index (χ2n) is 5.38. The molecular weight excluding hydrogens is 262 g/mol. The Balaban J connectivity index is 1.94. The fraction of sp³-hybridized carbons (Fsp3) is 0.571. The molecule has 0 saturated heterocycles. The molecule has 1 aromatic rings. The number of nitrogens with zero attached hydrogens (tertiary/aromatic N) is 1. The third-order valence-electron chi connectivity index (χ3n) is 3.76. The van der Waals surface area contributed by atoms with E-state index < -0.39 is 15.9 Å². The lowest BCUT2D eigenvalue weighted by molar-refractivity contribution is 0.0763. The van der Waals surface area contributed by atoms with Crippen LogP contribution >= 0.6 is 0 Å². The van der Waals surface area contributed by atoms with E-state index in [2.05, 4.69) is 4.90 Å². The van der Waals surface area contributed by atoms with E-state index in [-0.39, 0.29) is 11.8 Å². The highest BCUT2D eigenvalue weighted by atomic mass is 32.2. The first-order chi connectivity index (χ1) is 8.88. The number of fused-ring (bicyclic) bond motifs is 1. The smallest absolute Gasteiger partial charge is 0.147 e. The molecular formula is C14H21NO3S. The minimum absolute atomic E-state index is 0.0527. The molecule has 2 rings (SSSR count). The molecule has 1 N–H and O–H groups in total. The summed E-state index contributed by atoms with van der Waals surface area (Å²) in [4.78, 5) is 2.07. The third kappa shape index (κ3) is 3.55. The van der Waals surface area contributed by atoms with Crippen LogP contribution in [-0.4, -0.2) is 50.1 Å². The second-order valence-corrected chi connectivity index (χ2v) is 7.64. The number of rotatable bonds is 5. The largest absolute Gasteiger partial charge is 0.387 e. The van der Waals surface area contributed by atoms with Crippen LogP contribution in [0.25, 0.3) is 0 Å². The lowest BCUT2D eigenvalue weighted by Crippen LogP contribution is -2.36. The molecule has 0 unspecified atom stereocenters. The van der Waals surface area contributed by atoms with Crippen molar-refractivity contribution < 1.29 is 13.5 Å². The number of likely N-dealkylation sites (N-methyl/N-ethyl adjacent to an activating group) is 1. The molecule has 19 heavy (non-hydrogen) atoms. The normalized spacial score (nSPS) is 22.7. The Morgan fingerprint density at radius 1 is 1.37 bits per heavy atom. The van der Waals surface area contributed by atoms with E-state index in [0.29, 0.717) is 13.0 Å². The molecule has 2 atom stereocenters. The van der Waals surface area contributed by atoms with Gasteiger partial charge in [-0.25, -0.2) is 8.42 Å². The molecule has 0 amide bonds. The maximum atomic E-state index is 11.1. The van der Waals surface area contributed by atoms with Gasteiger partial charge in [-0.05, 0) is 37.6 Å². The van der Waals surface area contributed by atoms with E-state index in [4.69, 9.17) is 0 Å². The van der Waals surface area contributed by atoms with Crippen molar-refractivity contribution in [3.05, 3.63) is 35.4 Å². The summed E-state index contributed by atoms with van der Waals surface area (Å²) in [7, 11) is -0.953. The van der Waals surface area contributed by atoms with Crippen LogP contribution in [0.15, 0.2) is 24.3 Å². The molecule has 0 heterocycles. The van der Waals surface area contributed by atoms with Crippen molar-refractivity contribution in [3.63, 3.8) is 0 Å². The summed E-state index contributed by atoms with van der Waals surface area (Å²) in [6, 6.07) is 7.98. The van der Waals surface area contributed by atoms with Crippen LogP contribution in [0.5, 0.6) is 0 Å². The monoisotopic (exact) mass is 283 g/mol. The van der Waals surface area contributed by atoms with Crippen molar-refractivity contribution in [1.82, 2.24) is 4.90 Å². The number of hydrogen-bond acceptors (Lipinski definition) is 4. The first-order valence-corrected chi connectivity index (χ1v) is 8.58. The van der Waals surface area contributed by atoms with E-state index >= 15 is 0 Å². The lowest BCUT2D eigenvalue weighted by atomic mass is 10.1. The van der Waals surface area contributed by atoms with E-state index in [0.717, 1.165) is 12.0 Å². The Labute approximate surface area is 115 Å². The number of aliphatic hydroxyl groups excluding tert-OH is 1. The molecule has 5 heteroatoms. The summed E-state index contributed by atoms with van der Waals surface area (Å²) in [5.41, 5.74) is 2.19. The average Bonchev–Trinajstić information content (AvgIpc) is 2.66. The van der Waals surface area contributed by atoms with E-state index in [1.807, 2.05) is 31.3 Å². The lowest BCUT2D eigenvalue weighted by Gasteiger charge is -2.27. The Morgan fingerprint density at radius 3 is 2.68 bits per heavy atom. The fourth-order valence-corrected chi connectivity index (χ4v) is 3.35. The molecule has 0 saturated carbocycles. The van der Waals surface area contributed by atoms with Crippen LogP contribution in [0, 0.1) is 0 Å². The number of aliphatic hydroxyl groups is 1. The highest BCUT2D eigenvalue weighted by molar-refractivity contribution is 7.90. The van der Waals surface area contributed by atoms with Gasteiger partial charge in [0.05, 0.1) is 11.9 Å². The van der Waals surface area contributed by atoms with Crippen molar-refractivity contribution in [3.8, 4) is 0 Å². The van der Waals surface area contributed by atoms with E-state index in [1.165, 1.54) is 11.8 Å². The van der Waals surface area contributed by atoms with Crippen LogP contribution < -0.4 is 0 Å². The van der Waals surface area contributed by atoms with Gasteiger partial charge in [-0.15, -0.1) is 0 Å². The van der Waals surface area contributed by atoms with E-state index in [9.17, 15) is 13.5 Å². The van der Waals surface area contributed by atoms with Gasteiger partial charge in [-0.2, -0.15) is 0 Å². The van der Waals surface area contributed by atoms with Gasteiger partial charge in [-0.3, -0.25) is 0 Å². The topological polar surface area (TPSA) is 57.6 Å². The minimum atomic E-state index is -2.90. The van der Waals surface area contributed by atoms with Crippen LogP contribution in [0.1, 0.15) is 23.7 Å². The van der Waals surface area contributed by atoms with Gasteiger partial charge in [0.15, 0.2) is 0 Å². The van der Waals surface area contributed by atoms with Gasteiger partial charge in [0.1, 0.15) is 9.84 Å². The molecule has 106 valence electrons. The van der Waals surface area contributed by atoms with Crippen molar-refractivity contribution in [2.45, 2.75) is 25.0 Å². The van der Waals surface area contributed by atoms with Crippen molar-refractivity contribution in [2.75, 3.05) is 25.6 Å². The Kier molecular flexibility index (Phi) is 4.28. The minimum Gasteiger partial charge on any atom is -0.387 e. The third-order valence-corrected chi connectivity index (χ3v) is 4.79. The molecule has 0 aromatic heterocycles. The zero-order chi connectivity index (χ0) is 14.0. The zero-order valence-electron chi connectivity index (χ0n) is 11.4. The predicted octanol–water partition coefficient (Wildman–Crippen LogP) is 1.01. The van der Waals surface area contributed by atoms with Crippen molar-refractivity contribution in [1.29, 1.82) is 0 Å². The van der Waals surface area contributed by atoms with Crippen LogP contribution in [-0.2, 0) is 16.3 Å². The molecule has 0 aliphatic heterocycles. The van der Waals surface area contributed by atoms with Gasteiger partial charge < -0.3 is 10.0 Å². The van der Waals surface area contributed by atoms with Crippen molar-refractivity contribution in [2.24, 2.45) is 0 Å². The Hall–Kier alpha value is -0.910. The molecule has 0 spiro atoms. The van der Waals surface area contributed by atoms with Crippen LogP contribution in [0.4, 0.5) is 0 Å². The molecule has 1 aromatic carbocycles. The standard InChI is InChI=1S/C14H21NO3S/c1-15(8-5-9-19(2,17)18)13-10-11-6-3-4-7-12(11)14(13)16/h3-4,6-7,13-14,16H,5,8-10H2,1-2H3/t13-,14+/m0/s1. The summed E-state index contributed by atoms with van der Waals surface area (Å²) < 4.78 is 22.2. The fourth-order valence-electron chi connectivity index (χ4n) is 2.69.